The average Bonchev–Trinajstić information content (AvgIpc) is 2.75. The topological polar surface area (TPSA) is 30.5 Å². The lowest BCUT2D eigenvalue weighted by Gasteiger charge is -2.23. The molecule has 1 aliphatic rings. The van der Waals surface area contributed by atoms with E-state index in [4.69, 9.17) is 9.47 Å². The molecule has 1 aliphatic heterocycles. The van der Waals surface area contributed by atoms with E-state index in [2.05, 4.69) is 45.1 Å². The summed E-state index contributed by atoms with van der Waals surface area (Å²) in [5.74, 6) is 2.33. The molecule has 1 aromatic rings. The molecule has 1 aromatic carbocycles. The molecular formula is C14H21NO2. The second kappa shape index (κ2) is 4.96. The number of benzene rings is 1. The van der Waals surface area contributed by atoms with Gasteiger partial charge in [-0.2, -0.15) is 0 Å². The van der Waals surface area contributed by atoms with Crippen molar-refractivity contribution in [3.63, 3.8) is 0 Å². The van der Waals surface area contributed by atoms with Crippen molar-refractivity contribution in [2.75, 3.05) is 6.79 Å². The van der Waals surface area contributed by atoms with Gasteiger partial charge < -0.3 is 14.8 Å². The van der Waals surface area contributed by atoms with Gasteiger partial charge >= 0.3 is 0 Å². The van der Waals surface area contributed by atoms with Crippen LogP contribution in [-0.4, -0.2) is 12.8 Å². The lowest BCUT2D eigenvalue weighted by molar-refractivity contribution is 0.174. The maximum absolute atomic E-state index is 5.39. The van der Waals surface area contributed by atoms with Crippen LogP contribution in [0.2, 0.25) is 0 Å². The molecule has 94 valence electrons. The van der Waals surface area contributed by atoms with E-state index in [1.165, 1.54) is 5.56 Å². The Morgan fingerprint density at radius 3 is 2.47 bits per heavy atom. The van der Waals surface area contributed by atoms with Crippen LogP contribution in [0, 0.1) is 5.92 Å². The standard InChI is InChI=1S/C14H21NO2/c1-9(2)10(3)15-11(4)12-5-6-13-14(7-12)17-8-16-13/h5-7,9-11,15H,8H2,1-4H3. The van der Waals surface area contributed by atoms with E-state index in [0.717, 1.165) is 11.5 Å². The molecule has 0 saturated heterocycles. The lowest BCUT2D eigenvalue weighted by atomic mass is 10.0. The molecule has 0 aromatic heterocycles. The number of nitrogens with one attached hydrogen (secondary N) is 1. The molecule has 2 atom stereocenters. The molecule has 0 radical (unpaired) electrons. The predicted octanol–water partition coefficient (Wildman–Crippen LogP) is 3.11. The Kier molecular flexibility index (Phi) is 3.57. The van der Waals surface area contributed by atoms with Crippen molar-refractivity contribution in [1.82, 2.24) is 5.32 Å². The highest BCUT2D eigenvalue weighted by Gasteiger charge is 2.17. The molecule has 2 rings (SSSR count). The van der Waals surface area contributed by atoms with E-state index in [1.54, 1.807) is 0 Å². The molecular weight excluding hydrogens is 214 g/mol. The second-order valence-electron chi connectivity index (χ2n) is 5.03. The predicted molar refractivity (Wildman–Crippen MR) is 68.4 cm³/mol. The van der Waals surface area contributed by atoms with E-state index < -0.39 is 0 Å². The van der Waals surface area contributed by atoms with Crippen molar-refractivity contribution in [2.45, 2.75) is 39.8 Å². The zero-order valence-electron chi connectivity index (χ0n) is 11.0. The Morgan fingerprint density at radius 2 is 1.76 bits per heavy atom. The average molecular weight is 235 g/mol. The van der Waals surface area contributed by atoms with E-state index in [1.807, 2.05) is 6.07 Å². The van der Waals surface area contributed by atoms with Gasteiger partial charge in [-0.15, -0.1) is 0 Å². The molecule has 2 unspecified atom stereocenters. The van der Waals surface area contributed by atoms with E-state index in [9.17, 15) is 0 Å². The van der Waals surface area contributed by atoms with Crippen LogP contribution in [0.25, 0.3) is 0 Å². The van der Waals surface area contributed by atoms with E-state index in [-0.39, 0.29) is 0 Å². The molecule has 0 aliphatic carbocycles. The first-order valence-electron chi connectivity index (χ1n) is 6.23. The van der Waals surface area contributed by atoms with Crippen LogP contribution in [0.1, 0.15) is 39.3 Å². The molecule has 0 bridgehead atoms. The van der Waals surface area contributed by atoms with Crippen molar-refractivity contribution in [1.29, 1.82) is 0 Å². The molecule has 0 saturated carbocycles. The van der Waals surface area contributed by atoms with Gasteiger partial charge in [0.25, 0.3) is 0 Å². The van der Waals surface area contributed by atoms with Gasteiger partial charge in [0, 0.05) is 12.1 Å². The molecule has 17 heavy (non-hydrogen) atoms. The fourth-order valence-corrected chi connectivity index (χ4v) is 1.87. The highest BCUT2D eigenvalue weighted by molar-refractivity contribution is 5.45. The van der Waals surface area contributed by atoms with Gasteiger partial charge in [0.1, 0.15) is 0 Å². The monoisotopic (exact) mass is 235 g/mol. The Hall–Kier alpha value is -1.22. The Bertz CT molecular complexity index is 390. The third kappa shape index (κ3) is 2.72. The number of ether oxygens (including phenoxy) is 2. The molecule has 1 heterocycles. The first-order chi connectivity index (χ1) is 8.08. The quantitative estimate of drug-likeness (QED) is 0.869. The van der Waals surface area contributed by atoms with Crippen molar-refractivity contribution in [2.24, 2.45) is 5.92 Å². The third-order valence-corrected chi connectivity index (χ3v) is 3.41. The van der Waals surface area contributed by atoms with Crippen molar-refractivity contribution < 1.29 is 9.47 Å². The molecule has 1 N–H and O–H groups in total. The Balaban J connectivity index is 2.07. The number of hydrogen-bond donors (Lipinski definition) is 1. The highest BCUT2D eigenvalue weighted by atomic mass is 16.7. The summed E-state index contributed by atoms with van der Waals surface area (Å²) in [4.78, 5) is 0. The first-order valence-corrected chi connectivity index (χ1v) is 6.23. The summed E-state index contributed by atoms with van der Waals surface area (Å²) >= 11 is 0. The summed E-state index contributed by atoms with van der Waals surface area (Å²) in [6, 6.07) is 6.96. The first kappa shape index (κ1) is 12.2. The zero-order valence-corrected chi connectivity index (χ0v) is 11.0. The van der Waals surface area contributed by atoms with Gasteiger partial charge in [-0.3, -0.25) is 0 Å². The minimum absolute atomic E-state index is 0.321. The summed E-state index contributed by atoms with van der Waals surface area (Å²) in [5.41, 5.74) is 1.24. The van der Waals surface area contributed by atoms with Gasteiger partial charge in [-0.25, -0.2) is 0 Å². The SMILES string of the molecule is CC(NC(C)C(C)C)c1ccc2c(c1)OCO2. The number of rotatable bonds is 4. The van der Waals surface area contributed by atoms with Crippen LogP contribution in [-0.2, 0) is 0 Å². The summed E-state index contributed by atoms with van der Waals surface area (Å²) < 4.78 is 10.7. The van der Waals surface area contributed by atoms with Crippen LogP contribution < -0.4 is 14.8 Å². The molecule has 3 nitrogen and oxygen atoms in total. The molecule has 0 amide bonds. The van der Waals surface area contributed by atoms with E-state index in [0.29, 0.717) is 24.8 Å². The molecule has 0 spiro atoms. The minimum Gasteiger partial charge on any atom is -0.454 e. The van der Waals surface area contributed by atoms with Crippen LogP contribution in [0.15, 0.2) is 18.2 Å². The lowest BCUT2D eigenvalue weighted by Crippen LogP contribution is -2.32. The molecule has 3 heteroatoms. The van der Waals surface area contributed by atoms with Gasteiger partial charge in [-0.05, 0) is 37.5 Å². The zero-order chi connectivity index (χ0) is 12.4. The summed E-state index contributed by atoms with van der Waals surface area (Å²) in [7, 11) is 0. The maximum atomic E-state index is 5.39. The van der Waals surface area contributed by atoms with Crippen molar-refractivity contribution >= 4 is 0 Å². The van der Waals surface area contributed by atoms with Gasteiger partial charge in [-0.1, -0.05) is 19.9 Å². The van der Waals surface area contributed by atoms with Gasteiger partial charge in [0.2, 0.25) is 6.79 Å². The maximum Gasteiger partial charge on any atom is 0.231 e. The van der Waals surface area contributed by atoms with Crippen LogP contribution in [0.4, 0.5) is 0 Å². The van der Waals surface area contributed by atoms with Crippen molar-refractivity contribution in [3.05, 3.63) is 23.8 Å². The van der Waals surface area contributed by atoms with Crippen LogP contribution >= 0.6 is 0 Å². The van der Waals surface area contributed by atoms with E-state index >= 15 is 0 Å². The van der Waals surface area contributed by atoms with Crippen molar-refractivity contribution in [3.8, 4) is 11.5 Å². The Morgan fingerprint density at radius 1 is 1.06 bits per heavy atom. The summed E-state index contributed by atoms with van der Waals surface area (Å²) in [6.07, 6.45) is 0. The highest BCUT2D eigenvalue weighted by Crippen LogP contribution is 2.34. The summed E-state index contributed by atoms with van der Waals surface area (Å²) in [6.45, 7) is 9.18. The van der Waals surface area contributed by atoms with Crippen LogP contribution in [0.5, 0.6) is 11.5 Å². The fraction of sp³-hybridized carbons (Fsp3) is 0.571. The largest absolute Gasteiger partial charge is 0.454 e. The Labute approximate surface area is 103 Å². The second-order valence-corrected chi connectivity index (χ2v) is 5.03. The molecule has 0 fully saturated rings. The minimum atomic E-state index is 0.321. The van der Waals surface area contributed by atoms with Gasteiger partial charge in [0.05, 0.1) is 0 Å². The summed E-state index contributed by atoms with van der Waals surface area (Å²) in [5, 5.41) is 3.59. The fourth-order valence-electron chi connectivity index (χ4n) is 1.87. The number of hydrogen-bond acceptors (Lipinski definition) is 3. The van der Waals surface area contributed by atoms with Crippen LogP contribution in [0.3, 0.4) is 0 Å². The normalized spacial score (nSPS) is 17.2. The van der Waals surface area contributed by atoms with Gasteiger partial charge in [0.15, 0.2) is 11.5 Å². The third-order valence-electron chi connectivity index (χ3n) is 3.41. The smallest absolute Gasteiger partial charge is 0.231 e. The number of fused-ring (bicyclic) bond motifs is 1.